The van der Waals surface area contributed by atoms with Gasteiger partial charge in [-0.1, -0.05) is 39.3 Å². The van der Waals surface area contributed by atoms with Crippen molar-refractivity contribution in [1.29, 1.82) is 0 Å². The molecule has 2 N–H and O–H groups in total. The Kier molecular flexibility index (Phi) is 8.79. The van der Waals surface area contributed by atoms with Gasteiger partial charge in [-0.2, -0.15) is 0 Å². The Morgan fingerprint density at radius 3 is 1.94 bits per heavy atom. The van der Waals surface area contributed by atoms with Crippen LogP contribution >= 0.6 is 11.6 Å². The fourth-order valence-electron chi connectivity index (χ4n) is 4.32. The molecule has 6 heteroatoms. The predicted molar refractivity (Wildman–Crippen MR) is 134 cm³/mol. The molecule has 0 bridgehead atoms. The Morgan fingerprint density at radius 1 is 0.879 bits per heavy atom. The number of carbonyl (C=O) groups excluding carboxylic acids is 2. The number of nitrogens with one attached hydrogen (secondary N) is 2. The third-order valence-electron chi connectivity index (χ3n) is 6.50. The first-order valence-corrected chi connectivity index (χ1v) is 12.3. The summed E-state index contributed by atoms with van der Waals surface area (Å²) in [5.74, 6) is 2.46. The van der Waals surface area contributed by atoms with E-state index in [1.165, 1.54) is 0 Å². The molecule has 33 heavy (non-hydrogen) atoms. The van der Waals surface area contributed by atoms with Gasteiger partial charge in [0, 0.05) is 16.6 Å². The normalized spacial score (nSPS) is 19.2. The zero-order valence-corrected chi connectivity index (χ0v) is 20.7. The minimum absolute atomic E-state index is 0.00153. The second-order valence-electron chi connectivity index (χ2n) is 9.66. The number of hydrogen-bond acceptors (Lipinski definition) is 3. The summed E-state index contributed by atoms with van der Waals surface area (Å²) in [6.07, 6.45) is 3.96. The topological polar surface area (TPSA) is 67.4 Å². The number of hydrogen-bond donors (Lipinski definition) is 2. The van der Waals surface area contributed by atoms with E-state index in [4.69, 9.17) is 16.3 Å². The Balaban J connectivity index is 1.55. The van der Waals surface area contributed by atoms with E-state index in [1.807, 2.05) is 13.8 Å². The maximum Gasteiger partial charge on any atom is 0.247 e. The first-order chi connectivity index (χ1) is 15.7. The zero-order chi connectivity index (χ0) is 24.0. The molecule has 1 atom stereocenters. The van der Waals surface area contributed by atoms with Gasteiger partial charge in [0.2, 0.25) is 11.8 Å². The molecule has 1 aliphatic rings. The van der Waals surface area contributed by atoms with Crippen LogP contribution in [0.1, 0.15) is 53.4 Å². The zero-order valence-electron chi connectivity index (χ0n) is 19.9. The van der Waals surface area contributed by atoms with Crippen LogP contribution in [0.5, 0.6) is 11.5 Å². The van der Waals surface area contributed by atoms with Crippen molar-refractivity contribution >= 4 is 29.1 Å². The molecule has 0 aromatic heterocycles. The van der Waals surface area contributed by atoms with E-state index < -0.39 is 6.04 Å². The van der Waals surface area contributed by atoms with E-state index in [0.717, 1.165) is 25.7 Å². The summed E-state index contributed by atoms with van der Waals surface area (Å²) in [6.45, 7) is 8.40. The molecule has 1 saturated carbocycles. The molecular formula is C27H35ClN2O3. The van der Waals surface area contributed by atoms with Gasteiger partial charge < -0.3 is 15.4 Å². The third-order valence-corrected chi connectivity index (χ3v) is 6.76. The van der Waals surface area contributed by atoms with Crippen molar-refractivity contribution in [2.75, 3.05) is 5.32 Å². The monoisotopic (exact) mass is 470 g/mol. The molecule has 0 unspecified atom stereocenters. The molecule has 0 saturated heterocycles. The number of benzene rings is 2. The van der Waals surface area contributed by atoms with Crippen LogP contribution in [0.3, 0.4) is 0 Å². The van der Waals surface area contributed by atoms with Crippen molar-refractivity contribution in [3.8, 4) is 11.5 Å². The molecule has 5 nitrogen and oxygen atoms in total. The summed E-state index contributed by atoms with van der Waals surface area (Å²) in [5.41, 5.74) is 0.654. The lowest BCUT2D eigenvalue weighted by Crippen LogP contribution is -2.49. The van der Waals surface area contributed by atoms with Crippen molar-refractivity contribution in [1.82, 2.24) is 5.32 Å². The second kappa shape index (κ2) is 11.6. The summed E-state index contributed by atoms with van der Waals surface area (Å²) < 4.78 is 5.79. The highest BCUT2D eigenvalue weighted by atomic mass is 35.5. The van der Waals surface area contributed by atoms with E-state index in [2.05, 4.69) is 24.5 Å². The van der Waals surface area contributed by atoms with Crippen molar-refractivity contribution in [2.24, 2.45) is 23.7 Å². The maximum atomic E-state index is 13.0. The summed E-state index contributed by atoms with van der Waals surface area (Å²) in [5, 5.41) is 6.59. The lowest BCUT2D eigenvalue weighted by molar-refractivity contribution is -0.131. The van der Waals surface area contributed by atoms with Gasteiger partial charge in [0.1, 0.15) is 17.5 Å². The highest BCUT2D eigenvalue weighted by molar-refractivity contribution is 6.30. The highest BCUT2D eigenvalue weighted by Crippen LogP contribution is 2.33. The van der Waals surface area contributed by atoms with Crippen molar-refractivity contribution in [3.63, 3.8) is 0 Å². The molecule has 178 valence electrons. The average Bonchev–Trinajstić information content (AvgIpc) is 2.79. The Labute approximate surface area is 202 Å². The molecule has 0 aliphatic heterocycles. The minimum atomic E-state index is -0.578. The van der Waals surface area contributed by atoms with Crippen molar-refractivity contribution in [2.45, 2.75) is 59.4 Å². The van der Waals surface area contributed by atoms with Crippen LogP contribution in [-0.2, 0) is 9.59 Å². The molecule has 0 radical (unpaired) electrons. The van der Waals surface area contributed by atoms with Crippen molar-refractivity contribution < 1.29 is 14.3 Å². The molecule has 2 aromatic carbocycles. The third kappa shape index (κ3) is 7.23. The minimum Gasteiger partial charge on any atom is -0.457 e. The molecule has 3 rings (SSSR count). The highest BCUT2D eigenvalue weighted by Gasteiger charge is 2.31. The van der Waals surface area contributed by atoms with E-state index in [0.29, 0.717) is 34.0 Å². The molecule has 1 fully saturated rings. The van der Waals surface area contributed by atoms with Gasteiger partial charge in [-0.25, -0.2) is 0 Å². The summed E-state index contributed by atoms with van der Waals surface area (Å²) in [6, 6.07) is 13.7. The predicted octanol–water partition coefficient (Wildman–Crippen LogP) is 6.67. The Hall–Kier alpha value is -2.53. The first kappa shape index (κ1) is 25.1. The Bertz CT molecular complexity index is 917. The number of rotatable bonds is 8. The number of halogens is 1. The number of carbonyl (C=O) groups is 2. The van der Waals surface area contributed by atoms with E-state index in [1.54, 1.807) is 48.5 Å². The van der Waals surface area contributed by atoms with E-state index in [9.17, 15) is 9.59 Å². The van der Waals surface area contributed by atoms with Crippen LogP contribution in [0.15, 0.2) is 48.5 Å². The van der Waals surface area contributed by atoms with E-state index in [-0.39, 0.29) is 23.7 Å². The van der Waals surface area contributed by atoms with Gasteiger partial charge in [0.25, 0.3) is 0 Å². The van der Waals surface area contributed by atoms with Crippen LogP contribution in [-0.4, -0.2) is 17.9 Å². The lowest BCUT2D eigenvalue weighted by atomic mass is 9.76. The maximum absolute atomic E-state index is 13.0. The fraction of sp³-hybridized carbons (Fsp3) is 0.481. The van der Waals surface area contributed by atoms with Crippen LogP contribution in [0.4, 0.5) is 5.69 Å². The smallest absolute Gasteiger partial charge is 0.247 e. The van der Waals surface area contributed by atoms with Crippen LogP contribution < -0.4 is 15.4 Å². The first-order valence-electron chi connectivity index (χ1n) is 11.9. The molecule has 2 aromatic rings. The van der Waals surface area contributed by atoms with Crippen LogP contribution in [0.2, 0.25) is 5.02 Å². The number of anilines is 1. The van der Waals surface area contributed by atoms with Gasteiger partial charge in [0.05, 0.1) is 0 Å². The summed E-state index contributed by atoms with van der Waals surface area (Å²) >= 11 is 5.90. The van der Waals surface area contributed by atoms with Gasteiger partial charge in [-0.15, -0.1) is 0 Å². The molecule has 2 amide bonds. The molecule has 0 heterocycles. The fourth-order valence-corrected chi connectivity index (χ4v) is 4.45. The van der Waals surface area contributed by atoms with Gasteiger partial charge in [-0.05, 0) is 92.0 Å². The summed E-state index contributed by atoms with van der Waals surface area (Å²) in [7, 11) is 0. The van der Waals surface area contributed by atoms with E-state index >= 15 is 0 Å². The largest absolute Gasteiger partial charge is 0.457 e. The van der Waals surface area contributed by atoms with Gasteiger partial charge >= 0.3 is 0 Å². The number of amides is 2. The van der Waals surface area contributed by atoms with Crippen LogP contribution in [0, 0.1) is 23.7 Å². The average molecular weight is 471 g/mol. The number of ether oxygens (including phenoxy) is 1. The molecule has 0 spiro atoms. The van der Waals surface area contributed by atoms with Crippen LogP contribution in [0.25, 0.3) is 0 Å². The summed E-state index contributed by atoms with van der Waals surface area (Å²) in [4.78, 5) is 25.8. The molecular weight excluding hydrogens is 436 g/mol. The molecule has 1 aliphatic carbocycles. The SMILES string of the molecule is CC(C)C1CCC(C(=O)N[C@H](C(=O)Nc2ccc(Oc3ccc(Cl)cc3)cc2)C(C)C)CC1. The Morgan fingerprint density at radius 2 is 1.42 bits per heavy atom. The van der Waals surface area contributed by atoms with Crippen molar-refractivity contribution in [3.05, 3.63) is 53.6 Å². The quantitative estimate of drug-likeness (QED) is 0.452. The van der Waals surface area contributed by atoms with Gasteiger partial charge in [-0.3, -0.25) is 9.59 Å². The standard InChI is InChI=1S/C27H35ClN2O3/c1-17(2)19-5-7-20(8-6-19)26(31)30-25(18(3)4)27(32)29-22-11-15-24(16-12-22)33-23-13-9-21(28)10-14-23/h9-20,25H,5-8H2,1-4H3,(H,29,32)(H,30,31)/t19?,20?,25-/m0/s1. The van der Waals surface area contributed by atoms with Gasteiger partial charge in [0.15, 0.2) is 0 Å². The second-order valence-corrected chi connectivity index (χ2v) is 10.1. The lowest BCUT2D eigenvalue weighted by Gasteiger charge is -2.31.